The summed E-state index contributed by atoms with van der Waals surface area (Å²) in [5, 5.41) is -0.560. The molecule has 0 N–H and O–H groups in total. The molecule has 64 valence electrons. The number of alkyl halides is 1. The van der Waals surface area contributed by atoms with E-state index in [9.17, 15) is 9.18 Å². The lowest BCUT2D eigenvalue weighted by atomic mass is 10.1. The fourth-order valence-corrected chi connectivity index (χ4v) is 0.970. The Labute approximate surface area is 75.2 Å². The molecule has 0 aromatic heterocycles. The first-order chi connectivity index (χ1) is 5.61. The molecule has 0 aliphatic rings. The van der Waals surface area contributed by atoms with Crippen LogP contribution in [0.4, 0.5) is 4.39 Å². The quantitative estimate of drug-likeness (QED) is 0.513. The molecule has 0 aliphatic carbocycles. The van der Waals surface area contributed by atoms with Crippen LogP contribution in [0.1, 0.15) is 17.3 Å². The van der Waals surface area contributed by atoms with E-state index in [1.165, 1.54) is 24.3 Å². The minimum absolute atomic E-state index is 0.184. The molecule has 3 heteroatoms. The summed E-state index contributed by atoms with van der Waals surface area (Å²) in [6.07, 6.45) is 0. The summed E-state index contributed by atoms with van der Waals surface area (Å²) >= 11 is 5.56. The minimum Gasteiger partial charge on any atom is -0.293 e. The van der Waals surface area contributed by atoms with Crippen molar-refractivity contribution in [3.8, 4) is 0 Å². The van der Waals surface area contributed by atoms with Crippen molar-refractivity contribution in [2.24, 2.45) is 0 Å². The maximum Gasteiger partial charge on any atom is 0.180 e. The molecule has 0 saturated carbocycles. The van der Waals surface area contributed by atoms with Crippen LogP contribution >= 0.6 is 11.6 Å². The normalized spacial score (nSPS) is 12.6. The molecule has 1 atom stereocenters. The van der Waals surface area contributed by atoms with Crippen molar-refractivity contribution in [2.45, 2.75) is 12.3 Å². The maximum atomic E-state index is 12.4. The van der Waals surface area contributed by atoms with Crippen molar-refractivity contribution in [1.29, 1.82) is 0 Å². The average Bonchev–Trinajstić information content (AvgIpc) is 2.04. The molecule has 0 unspecified atom stereocenters. The largest absolute Gasteiger partial charge is 0.293 e. The van der Waals surface area contributed by atoms with Gasteiger partial charge in [-0.2, -0.15) is 0 Å². The number of carbonyl (C=O) groups is 1. The van der Waals surface area contributed by atoms with E-state index in [-0.39, 0.29) is 11.6 Å². The zero-order valence-corrected chi connectivity index (χ0v) is 7.31. The first-order valence-corrected chi connectivity index (χ1v) is 3.99. The van der Waals surface area contributed by atoms with Gasteiger partial charge in [0, 0.05) is 5.56 Å². The van der Waals surface area contributed by atoms with Gasteiger partial charge in [0.15, 0.2) is 5.78 Å². The lowest BCUT2D eigenvalue weighted by Crippen LogP contribution is -2.09. The molecular weight excluding hydrogens is 179 g/mol. The minimum atomic E-state index is -0.560. The summed E-state index contributed by atoms with van der Waals surface area (Å²) in [7, 11) is 0. The van der Waals surface area contributed by atoms with E-state index in [4.69, 9.17) is 11.6 Å². The van der Waals surface area contributed by atoms with Gasteiger partial charge in [0.1, 0.15) is 5.82 Å². The highest BCUT2D eigenvalue weighted by atomic mass is 35.5. The summed E-state index contributed by atoms with van der Waals surface area (Å²) < 4.78 is 12.4. The van der Waals surface area contributed by atoms with Crippen LogP contribution in [0, 0.1) is 5.82 Å². The SMILES string of the molecule is C[C@H](Cl)C(=O)c1ccc(F)cc1. The molecule has 0 heterocycles. The molecule has 0 saturated heterocycles. The van der Waals surface area contributed by atoms with Gasteiger partial charge in [0.05, 0.1) is 5.38 Å². The van der Waals surface area contributed by atoms with E-state index >= 15 is 0 Å². The number of benzene rings is 1. The Bertz CT molecular complexity index is 279. The Morgan fingerprint density at radius 1 is 1.42 bits per heavy atom. The standard InChI is InChI=1S/C9H8ClFO/c1-6(10)9(12)7-2-4-8(11)5-3-7/h2-6H,1H3/t6-/m0/s1. The summed E-state index contributed by atoms with van der Waals surface area (Å²) in [5.74, 6) is -0.537. The summed E-state index contributed by atoms with van der Waals surface area (Å²) in [4.78, 5) is 11.2. The number of hydrogen-bond acceptors (Lipinski definition) is 1. The lowest BCUT2D eigenvalue weighted by Gasteiger charge is -2.00. The number of ketones is 1. The monoisotopic (exact) mass is 186 g/mol. The van der Waals surface area contributed by atoms with E-state index in [0.29, 0.717) is 5.56 Å². The highest BCUT2D eigenvalue weighted by Crippen LogP contribution is 2.08. The molecular formula is C9H8ClFO. The van der Waals surface area contributed by atoms with Gasteiger partial charge in [-0.1, -0.05) is 0 Å². The summed E-state index contributed by atoms with van der Waals surface area (Å²) in [5.41, 5.74) is 0.443. The summed E-state index contributed by atoms with van der Waals surface area (Å²) in [6.45, 7) is 1.59. The van der Waals surface area contributed by atoms with Gasteiger partial charge < -0.3 is 0 Å². The zero-order chi connectivity index (χ0) is 9.14. The number of hydrogen-bond donors (Lipinski definition) is 0. The molecule has 0 amide bonds. The fraction of sp³-hybridized carbons (Fsp3) is 0.222. The van der Waals surface area contributed by atoms with Crippen LogP contribution in [-0.4, -0.2) is 11.2 Å². The molecule has 12 heavy (non-hydrogen) atoms. The van der Waals surface area contributed by atoms with Crippen molar-refractivity contribution in [1.82, 2.24) is 0 Å². The maximum absolute atomic E-state index is 12.4. The smallest absolute Gasteiger partial charge is 0.180 e. The molecule has 1 rings (SSSR count). The molecule has 0 bridgehead atoms. The van der Waals surface area contributed by atoms with Gasteiger partial charge >= 0.3 is 0 Å². The van der Waals surface area contributed by atoms with Crippen molar-refractivity contribution >= 4 is 17.4 Å². The molecule has 0 aliphatic heterocycles. The Morgan fingerprint density at radius 3 is 2.33 bits per heavy atom. The van der Waals surface area contributed by atoms with Crippen LogP contribution in [0.25, 0.3) is 0 Å². The number of Topliss-reactive ketones (excluding diaryl/α,β-unsaturated/α-hetero) is 1. The second-order valence-electron chi connectivity index (χ2n) is 2.49. The molecule has 0 spiro atoms. The Hall–Kier alpha value is -0.890. The van der Waals surface area contributed by atoms with Gasteiger partial charge in [-0.3, -0.25) is 4.79 Å². The Balaban J connectivity index is 2.90. The van der Waals surface area contributed by atoms with E-state index in [0.717, 1.165) is 0 Å². The fourth-order valence-electron chi connectivity index (χ4n) is 0.844. The molecule has 1 aromatic rings. The number of carbonyl (C=O) groups excluding carboxylic acids is 1. The van der Waals surface area contributed by atoms with Crippen LogP contribution in [0.15, 0.2) is 24.3 Å². The predicted molar refractivity (Wildman–Crippen MR) is 46.0 cm³/mol. The van der Waals surface area contributed by atoms with Gasteiger partial charge in [-0.05, 0) is 31.2 Å². The number of rotatable bonds is 2. The molecule has 1 aromatic carbocycles. The number of halogens is 2. The topological polar surface area (TPSA) is 17.1 Å². The third kappa shape index (κ3) is 2.05. The second-order valence-corrected chi connectivity index (χ2v) is 3.14. The van der Waals surface area contributed by atoms with E-state index < -0.39 is 5.38 Å². The van der Waals surface area contributed by atoms with Crippen LogP contribution in [0.5, 0.6) is 0 Å². The molecule has 0 radical (unpaired) electrons. The van der Waals surface area contributed by atoms with Crippen LogP contribution < -0.4 is 0 Å². The Morgan fingerprint density at radius 2 is 1.92 bits per heavy atom. The van der Waals surface area contributed by atoms with E-state index in [1.54, 1.807) is 6.92 Å². The van der Waals surface area contributed by atoms with Crippen molar-refractivity contribution in [3.63, 3.8) is 0 Å². The highest BCUT2D eigenvalue weighted by molar-refractivity contribution is 6.33. The van der Waals surface area contributed by atoms with Gasteiger partial charge in [0.25, 0.3) is 0 Å². The van der Waals surface area contributed by atoms with Crippen molar-refractivity contribution < 1.29 is 9.18 Å². The first kappa shape index (κ1) is 9.20. The highest BCUT2D eigenvalue weighted by Gasteiger charge is 2.11. The van der Waals surface area contributed by atoms with Gasteiger partial charge in [0.2, 0.25) is 0 Å². The average molecular weight is 187 g/mol. The summed E-state index contributed by atoms with van der Waals surface area (Å²) in [6, 6.07) is 5.34. The van der Waals surface area contributed by atoms with Crippen molar-refractivity contribution in [3.05, 3.63) is 35.6 Å². The Kier molecular flexibility index (Phi) is 2.82. The molecule has 0 fully saturated rings. The van der Waals surface area contributed by atoms with Crippen LogP contribution in [0.3, 0.4) is 0 Å². The second kappa shape index (κ2) is 3.68. The van der Waals surface area contributed by atoms with Crippen molar-refractivity contribution in [2.75, 3.05) is 0 Å². The predicted octanol–water partition coefficient (Wildman–Crippen LogP) is 2.64. The zero-order valence-electron chi connectivity index (χ0n) is 6.55. The third-order valence-corrected chi connectivity index (χ3v) is 1.69. The van der Waals surface area contributed by atoms with E-state index in [2.05, 4.69) is 0 Å². The molecule has 1 nitrogen and oxygen atoms in total. The van der Waals surface area contributed by atoms with Gasteiger partial charge in [-0.15, -0.1) is 11.6 Å². The van der Waals surface area contributed by atoms with Crippen LogP contribution in [0.2, 0.25) is 0 Å². The van der Waals surface area contributed by atoms with Gasteiger partial charge in [-0.25, -0.2) is 4.39 Å². The lowest BCUT2D eigenvalue weighted by molar-refractivity contribution is 0.0991. The third-order valence-electron chi connectivity index (χ3n) is 1.49. The van der Waals surface area contributed by atoms with Crippen LogP contribution in [-0.2, 0) is 0 Å². The first-order valence-electron chi connectivity index (χ1n) is 3.55. The van der Waals surface area contributed by atoms with E-state index in [1.807, 2.05) is 0 Å².